The van der Waals surface area contributed by atoms with Crippen molar-refractivity contribution in [2.24, 2.45) is 34.5 Å². The van der Waals surface area contributed by atoms with Crippen LogP contribution in [0.2, 0.25) is 0 Å². The topological polar surface area (TPSA) is 333 Å². The zero-order valence-electron chi connectivity index (χ0n) is 80.1. The number of nitrogens with one attached hydrogen (secondary N) is 5. The summed E-state index contributed by atoms with van der Waals surface area (Å²) in [7, 11) is 0. The van der Waals surface area contributed by atoms with Crippen LogP contribution in [0.4, 0.5) is 0 Å². The lowest BCUT2D eigenvalue weighted by atomic mass is 9.69. The molecule has 0 spiro atoms. The van der Waals surface area contributed by atoms with Crippen molar-refractivity contribution in [2.45, 2.75) is 168 Å². The van der Waals surface area contributed by atoms with Crippen molar-refractivity contribution >= 4 is 64.2 Å². The van der Waals surface area contributed by atoms with Crippen LogP contribution in [0, 0.1) is 48.3 Å². The van der Waals surface area contributed by atoms with Gasteiger partial charge in [-0.3, -0.25) is 48.3 Å². The molecule has 4 fully saturated rings. The van der Waals surface area contributed by atoms with E-state index in [1.165, 1.54) is 44.5 Å². The maximum absolute atomic E-state index is 14.1. The molecule has 10 aromatic rings. The highest BCUT2D eigenvalue weighted by Crippen LogP contribution is 2.50. The van der Waals surface area contributed by atoms with Gasteiger partial charge in [-0.05, 0) is 203 Å². The second-order valence-corrected chi connectivity index (χ2v) is 41.0. The van der Waals surface area contributed by atoms with Crippen molar-refractivity contribution in [1.82, 2.24) is 51.3 Å². The summed E-state index contributed by atoms with van der Waals surface area (Å²) in [5.41, 5.74) is 18.5. The van der Waals surface area contributed by atoms with Gasteiger partial charge in [0.2, 0.25) is 23.6 Å². The molecular formula is C110H134N10O15S2. The Kier molecular flexibility index (Phi) is 35.9. The number of amides is 4. The van der Waals surface area contributed by atoms with Crippen molar-refractivity contribution < 1.29 is 72.9 Å². The van der Waals surface area contributed by atoms with E-state index in [1.54, 1.807) is 34.8 Å². The van der Waals surface area contributed by atoms with Crippen LogP contribution >= 0.6 is 22.7 Å². The highest BCUT2D eigenvalue weighted by atomic mass is 32.1. The Morgan fingerprint density at radius 2 is 0.861 bits per heavy atom. The molecule has 137 heavy (non-hydrogen) atoms. The van der Waals surface area contributed by atoms with Crippen LogP contribution in [-0.4, -0.2) is 223 Å². The van der Waals surface area contributed by atoms with Gasteiger partial charge in [-0.2, -0.15) is 0 Å². The quantitative estimate of drug-likeness (QED) is 0.0132. The number of nitrogens with zero attached hydrogens (tertiary/aromatic N) is 5. The normalized spacial score (nSPS) is 21.1. The first-order valence-corrected chi connectivity index (χ1v) is 50.1. The Bertz CT molecular complexity index is 5620. The standard InChI is InChI=1S/C55H67N5O7S.C31H45N5O5S.C24H22O3/c1-36-52(68-35-57-36)40-12-10-37(11-13-40)33-56-54(65)48-32-43(62)31-47(48)51(64)53(55(2,3)4)58-49(63)34-66-28-26-59-22-24-60(25-23-59)27-29-67-44-18-14-39(15-19-44)50-45(38-8-6-5-7-9-38)20-16-41-30-42(61)17-21-46(41)50;1-20-28(42-19-34-20)22-7-5-21(6-8-22)17-33-30(40)25-16-23(37)15-24(25)27(39)29(31(2,3)4)35-26(38)18-41-14-13-36-11-9-32-10-12-36;25-14-15-27-21-10-6-18(7-11-21)24-22(17-4-2-1-3-5-17)12-8-19-16-20(26)9-13-23(19)24/h5-15,17-19,21,30,35,43,45,47-48,50,53,61-62H,16,20,22-29,31-34H2,1-4H3,(H,56,65)(H,58,63);5-8,19,23-25,29,32,37H,9-18H2,1-4H3,(H,33,40)(H,35,38);1-7,9-11,13-14,16,22,24,26H,8,12,15H2/t43-,45+,47?,48+,50-,53+;23-,24?,25+,29+;22-,24+/m001/s1. The van der Waals surface area contributed by atoms with E-state index in [-0.39, 0.29) is 92.5 Å². The molecule has 0 bridgehead atoms. The Balaban J connectivity index is 0.000000183. The zero-order valence-corrected chi connectivity index (χ0v) is 81.7. The fourth-order valence-corrected chi connectivity index (χ4v) is 21.9. The van der Waals surface area contributed by atoms with E-state index in [0.717, 1.165) is 147 Å². The zero-order chi connectivity index (χ0) is 96.7. The number of aromatic nitrogens is 2. The van der Waals surface area contributed by atoms with Crippen molar-refractivity contribution in [3.05, 3.63) is 272 Å². The van der Waals surface area contributed by atoms with Crippen LogP contribution < -0.4 is 36.1 Å². The lowest BCUT2D eigenvalue weighted by Crippen LogP contribution is -2.53. The molecule has 6 aliphatic rings. The van der Waals surface area contributed by atoms with Crippen LogP contribution in [0.5, 0.6) is 23.0 Å². The molecule has 4 heterocycles. The first kappa shape index (κ1) is 102. The first-order chi connectivity index (χ1) is 66.1. The molecule has 25 nitrogen and oxygen atoms in total. The third-order valence-corrected chi connectivity index (χ3v) is 29.6. The molecule has 4 amide bonds. The lowest BCUT2D eigenvalue weighted by molar-refractivity contribution is -0.138. The van der Waals surface area contributed by atoms with Crippen LogP contribution in [0.3, 0.4) is 0 Å². The number of carbonyl (C=O) groups is 7. The number of benzene rings is 8. The van der Waals surface area contributed by atoms with Gasteiger partial charge >= 0.3 is 0 Å². The molecule has 2 saturated carbocycles. The number of aliphatic hydroxyl groups excluding tert-OH is 2. The van der Waals surface area contributed by atoms with Gasteiger partial charge in [0.25, 0.3) is 0 Å². The number of aliphatic hydroxyl groups is 2. The third-order valence-electron chi connectivity index (χ3n) is 27.6. The predicted octanol–water partition coefficient (Wildman–Crippen LogP) is 14.5. The van der Waals surface area contributed by atoms with Gasteiger partial charge < -0.3 is 66.0 Å². The minimum Gasteiger partial charge on any atom is -0.508 e. The van der Waals surface area contributed by atoms with E-state index in [9.17, 15) is 54.0 Å². The summed E-state index contributed by atoms with van der Waals surface area (Å²) >= 11 is 3.18. The molecular weight excluding hydrogens is 1770 g/mol. The number of rotatable bonds is 35. The number of ketones is 2. The van der Waals surface area contributed by atoms with Crippen molar-refractivity contribution in [1.29, 1.82) is 0 Å². The van der Waals surface area contributed by atoms with E-state index in [2.05, 4.69) is 154 Å². The Labute approximate surface area is 813 Å². The minimum atomic E-state index is -0.854. The summed E-state index contributed by atoms with van der Waals surface area (Å²) in [6.45, 7) is 26.7. The number of thiazole rings is 2. The molecule has 9 N–H and O–H groups in total. The Hall–Kier alpha value is -11.2. The second kappa shape index (κ2) is 48.4. The highest BCUT2D eigenvalue weighted by Gasteiger charge is 2.49. The van der Waals surface area contributed by atoms with Gasteiger partial charge in [-0.25, -0.2) is 9.97 Å². The number of aromatic hydroxyl groups is 2. The number of phenolic OH excluding ortho intramolecular Hbond substituents is 2. The monoisotopic (exact) mass is 1900 g/mol. The number of phenols is 2. The van der Waals surface area contributed by atoms with Crippen LogP contribution in [-0.2, 0) is 69.0 Å². The van der Waals surface area contributed by atoms with Gasteiger partial charge in [0.1, 0.15) is 49.4 Å². The van der Waals surface area contributed by atoms with E-state index in [4.69, 9.17) is 18.9 Å². The van der Waals surface area contributed by atoms with Crippen LogP contribution in [0.25, 0.3) is 20.9 Å². The summed E-state index contributed by atoms with van der Waals surface area (Å²) in [5.74, 6) is -1.17. The summed E-state index contributed by atoms with van der Waals surface area (Å²) < 4.78 is 23.1. The summed E-state index contributed by atoms with van der Waals surface area (Å²) in [6, 6.07) is 63.8. The number of fused-ring (bicyclic) bond motifs is 2. The number of carbonyl (C=O) groups excluding carboxylic acids is 7. The van der Waals surface area contributed by atoms with Crippen molar-refractivity contribution in [3.63, 3.8) is 0 Å². The number of Topliss-reactive ketones (excluding diaryl/α,β-unsaturated/α-hetero) is 2. The Morgan fingerprint density at radius 3 is 1.25 bits per heavy atom. The predicted molar refractivity (Wildman–Crippen MR) is 534 cm³/mol. The van der Waals surface area contributed by atoms with Gasteiger partial charge in [-0.1, -0.05) is 187 Å². The molecule has 2 aromatic heterocycles. The molecule has 726 valence electrons. The fraction of sp³-hybridized carbons (Fsp3) is 0.445. The van der Waals surface area contributed by atoms with Crippen molar-refractivity contribution in [2.75, 3.05) is 112 Å². The maximum atomic E-state index is 14.1. The molecule has 27 heteroatoms. The molecule has 2 aliphatic heterocycles. The summed E-state index contributed by atoms with van der Waals surface area (Å²) in [4.78, 5) is 109. The number of aldehydes is 1. The highest BCUT2D eigenvalue weighted by molar-refractivity contribution is 7.13. The first-order valence-electron chi connectivity index (χ1n) is 48.3. The van der Waals surface area contributed by atoms with Gasteiger partial charge in [-0.15, -0.1) is 22.7 Å². The van der Waals surface area contributed by atoms with Crippen LogP contribution in [0.1, 0.15) is 171 Å². The third kappa shape index (κ3) is 27.7. The smallest absolute Gasteiger partial charge is 0.246 e. The number of hydrogen-bond donors (Lipinski definition) is 9. The fourth-order valence-electron chi connectivity index (χ4n) is 20.2. The average Bonchev–Trinajstić information content (AvgIpc) is 1.67. The van der Waals surface area contributed by atoms with Crippen LogP contribution in [0.15, 0.2) is 205 Å². The number of hydrogen-bond acceptors (Lipinski definition) is 23. The van der Waals surface area contributed by atoms with Gasteiger partial charge in [0, 0.05) is 109 Å². The molecule has 2 unspecified atom stereocenters. The molecule has 2 saturated heterocycles. The maximum Gasteiger partial charge on any atom is 0.246 e. The molecule has 0 radical (unpaired) electrons. The Morgan fingerprint density at radius 1 is 0.474 bits per heavy atom. The van der Waals surface area contributed by atoms with E-state index in [0.29, 0.717) is 68.5 Å². The SMILES string of the molecule is Cc1ncsc1-c1ccc(CNC(=O)[C@@H]2C[C@@H](O)CC2C(=O)[C@@H](NC(=O)COCCN2CCN(CCOc3ccc([C@@H]4c5ccc(O)cc5CC[C@@H]4c4ccccc4)cc3)CC2)C(C)(C)C)cc1.Cc1ncsc1-c1ccc(CNC(=O)[C@@H]2C[C@@H](O)CC2C(=O)[C@@H](NC(=O)COCCN2CCNCC2)C(C)(C)C)cc1.O=CCOc1ccc([C@@H]2c3ccc(O)cc3CC[C@@H]2c2ccccc2)cc1. The van der Waals surface area contributed by atoms with Gasteiger partial charge in [0.05, 0.1) is 81.5 Å². The van der Waals surface area contributed by atoms with Crippen molar-refractivity contribution in [3.8, 4) is 43.9 Å². The van der Waals surface area contributed by atoms with E-state index in [1.807, 2.05) is 145 Å². The summed E-state index contributed by atoms with van der Waals surface area (Å²) in [6.07, 6.45) is 3.96. The molecule has 8 aromatic carbocycles. The van der Waals surface area contributed by atoms with Gasteiger partial charge in [0.15, 0.2) is 17.9 Å². The van der Waals surface area contributed by atoms with E-state index >= 15 is 0 Å². The lowest BCUT2D eigenvalue weighted by Gasteiger charge is -2.35. The number of ether oxygens (including phenoxy) is 4. The second-order valence-electron chi connectivity index (χ2n) is 39.3. The summed E-state index contributed by atoms with van der Waals surface area (Å²) in [5, 5.41) is 56.3. The largest absolute Gasteiger partial charge is 0.508 e. The average molecular weight is 1900 g/mol. The number of aryl methyl sites for hydroxylation is 4. The molecule has 16 rings (SSSR count). The molecule has 4 aliphatic carbocycles. The minimum absolute atomic E-state index is 0.0670. The number of piperazine rings is 2. The molecule has 12 atom stereocenters. The van der Waals surface area contributed by atoms with E-state index < -0.39 is 58.8 Å².